The van der Waals surface area contributed by atoms with E-state index in [-0.39, 0.29) is 11.6 Å². The van der Waals surface area contributed by atoms with Crippen molar-refractivity contribution in [1.29, 1.82) is 0 Å². The lowest BCUT2D eigenvalue weighted by atomic mass is 10.1. The highest BCUT2D eigenvalue weighted by Gasteiger charge is 2.20. The van der Waals surface area contributed by atoms with Crippen molar-refractivity contribution in [3.63, 3.8) is 0 Å². The average molecular weight is 221 g/mol. The summed E-state index contributed by atoms with van der Waals surface area (Å²) in [7, 11) is 0. The fraction of sp³-hybridized carbons (Fsp3) is 0.462. The highest BCUT2D eigenvalue weighted by atomic mass is 19.1. The monoisotopic (exact) mass is 221 g/mol. The van der Waals surface area contributed by atoms with Gasteiger partial charge in [-0.05, 0) is 43.9 Å². The van der Waals surface area contributed by atoms with Crippen molar-refractivity contribution >= 4 is 5.78 Å². The van der Waals surface area contributed by atoms with Gasteiger partial charge in [-0.3, -0.25) is 4.79 Å². The van der Waals surface area contributed by atoms with E-state index in [9.17, 15) is 9.18 Å². The minimum absolute atomic E-state index is 0.0421. The average Bonchev–Trinajstić information content (AvgIpc) is 3.06. The third-order valence-electron chi connectivity index (χ3n) is 2.91. The third-order valence-corrected chi connectivity index (χ3v) is 2.91. The molecule has 0 atom stereocenters. The van der Waals surface area contributed by atoms with E-state index in [1.807, 2.05) is 0 Å². The molecule has 0 saturated heterocycles. The normalized spacial score (nSPS) is 15.1. The number of hydrogen-bond acceptors (Lipinski definition) is 2. The number of carbonyl (C=O) groups excluding carboxylic acids is 1. The van der Waals surface area contributed by atoms with Gasteiger partial charge in [-0.15, -0.1) is 0 Å². The van der Waals surface area contributed by atoms with E-state index in [0.717, 1.165) is 12.5 Å². The molecule has 1 N–H and O–H groups in total. The van der Waals surface area contributed by atoms with Crippen LogP contribution in [0.25, 0.3) is 0 Å². The van der Waals surface area contributed by atoms with Crippen LogP contribution in [0.4, 0.5) is 4.39 Å². The molecule has 2 rings (SSSR count). The summed E-state index contributed by atoms with van der Waals surface area (Å²) in [4.78, 5) is 11.7. The number of hydrogen-bond donors (Lipinski definition) is 1. The minimum atomic E-state index is -0.312. The SMILES string of the molecule is Cc1ccc(C(=O)CNCC2CC2)cc1F. The Morgan fingerprint density at radius 2 is 2.25 bits per heavy atom. The summed E-state index contributed by atoms with van der Waals surface area (Å²) in [6, 6.07) is 4.64. The van der Waals surface area contributed by atoms with Crippen molar-refractivity contribution < 1.29 is 9.18 Å². The second-order valence-electron chi connectivity index (χ2n) is 4.46. The highest BCUT2D eigenvalue weighted by molar-refractivity contribution is 5.97. The standard InChI is InChI=1S/C13H16FNO/c1-9-2-5-11(6-12(9)14)13(16)8-15-7-10-3-4-10/h2,5-6,10,15H,3-4,7-8H2,1H3. The van der Waals surface area contributed by atoms with Gasteiger partial charge in [0.25, 0.3) is 0 Å². The van der Waals surface area contributed by atoms with Gasteiger partial charge in [-0.1, -0.05) is 12.1 Å². The summed E-state index contributed by atoms with van der Waals surface area (Å²) in [5.74, 6) is 0.398. The Kier molecular flexibility index (Phi) is 3.34. The van der Waals surface area contributed by atoms with Gasteiger partial charge in [0.05, 0.1) is 6.54 Å². The van der Waals surface area contributed by atoms with Crippen LogP contribution in [0, 0.1) is 18.7 Å². The van der Waals surface area contributed by atoms with E-state index in [2.05, 4.69) is 5.32 Å². The molecule has 1 aliphatic rings. The van der Waals surface area contributed by atoms with Crippen molar-refractivity contribution in [3.8, 4) is 0 Å². The maximum atomic E-state index is 13.2. The van der Waals surface area contributed by atoms with E-state index in [4.69, 9.17) is 0 Å². The van der Waals surface area contributed by atoms with Gasteiger partial charge in [0.2, 0.25) is 0 Å². The predicted molar refractivity (Wildman–Crippen MR) is 61.1 cm³/mol. The first-order chi connectivity index (χ1) is 7.66. The molecule has 0 bridgehead atoms. The molecule has 3 heteroatoms. The van der Waals surface area contributed by atoms with Crippen LogP contribution < -0.4 is 5.32 Å². The summed E-state index contributed by atoms with van der Waals surface area (Å²) >= 11 is 0. The first-order valence-corrected chi connectivity index (χ1v) is 5.67. The number of aryl methyl sites for hydroxylation is 1. The van der Waals surface area contributed by atoms with Gasteiger partial charge in [-0.25, -0.2) is 4.39 Å². The zero-order valence-corrected chi connectivity index (χ0v) is 9.42. The smallest absolute Gasteiger partial charge is 0.176 e. The van der Waals surface area contributed by atoms with Gasteiger partial charge in [0.15, 0.2) is 5.78 Å². The van der Waals surface area contributed by atoms with Gasteiger partial charge >= 0.3 is 0 Å². The van der Waals surface area contributed by atoms with Crippen LogP contribution in [0.3, 0.4) is 0 Å². The van der Waals surface area contributed by atoms with Crippen LogP contribution in [0.5, 0.6) is 0 Å². The summed E-state index contributed by atoms with van der Waals surface area (Å²) in [5, 5.41) is 3.11. The molecule has 1 aromatic rings. The number of halogens is 1. The molecule has 86 valence electrons. The lowest BCUT2D eigenvalue weighted by molar-refractivity contribution is 0.0990. The molecule has 2 nitrogen and oxygen atoms in total. The number of Topliss-reactive ketones (excluding diaryl/α,β-unsaturated/α-hetero) is 1. The van der Waals surface area contributed by atoms with Crippen molar-refractivity contribution in [2.24, 2.45) is 5.92 Å². The molecule has 0 heterocycles. The largest absolute Gasteiger partial charge is 0.309 e. The predicted octanol–water partition coefficient (Wildman–Crippen LogP) is 2.32. The van der Waals surface area contributed by atoms with Crippen LogP contribution >= 0.6 is 0 Å². The zero-order valence-electron chi connectivity index (χ0n) is 9.42. The second kappa shape index (κ2) is 4.74. The van der Waals surface area contributed by atoms with Crippen molar-refractivity contribution in [3.05, 3.63) is 35.1 Å². The molecule has 1 aliphatic carbocycles. The number of ketones is 1. The van der Waals surface area contributed by atoms with E-state index < -0.39 is 0 Å². The number of carbonyl (C=O) groups is 1. The second-order valence-corrected chi connectivity index (χ2v) is 4.46. The Morgan fingerprint density at radius 1 is 1.50 bits per heavy atom. The fourth-order valence-electron chi connectivity index (χ4n) is 1.58. The van der Waals surface area contributed by atoms with E-state index >= 15 is 0 Å². The molecule has 0 unspecified atom stereocenters. The van der Waals surface area contributed by atoms with Gasteiger partial charge < -0.3 is 5.32 Å². The summed E-state index contributed by atoms with van der Waals surface area (Å²) in [5.41, 5.74) is 1.02. The van der Waals surface area contributed by atoms with Crippen molar-refractivity contribution in [2.75, 3.05) is 13.1 Å². The summed E-state index contributed by atoms with van der Waals surface area (Å²) in [6.07, 6.45) is 2.53. The molecule has 1 aromatic carbocycles. The molecule has 0 amide bonds. The molecule has 0 aliphatic heterocycles. The molecular formula is C13H16FNO. The molecule has 0 spiro atoms. The Bertz CT molecular complexity index is 399. The quantitative estimate of drug-likeness (QED) is 0.773. The van der Waals surface area contributed by atoms with Crippen molar-refractivity contribution in [2.45, 2.75) is 19.8 Å². The highest BCUT2D eigenvalue weighted by Crippen LogP contribution is 2.27. The van der Waals surface area contributed by atoms with Gasteiger partial charge in [0, 0.05) is 5.56 Å². The molecule has 0 aromatic heterocycles. The summed E-state index contributed by atoms with van der Waals surface area (Å²) < 4.78 is 13.2. The molecule has 1 saturated carbocycles. The first kappa shape index (κ1) is 11.3. The van der Waals surface area contributed by atoms with Crippen LogP contribution in [0.15, 0.2) is 18.2 Å². The molecular weight excluding hydrogens is 205 g/mol. The van der Waals surface area contributed by atoms with E-state index in [1.165, 1.54) is 18.9 Å². The maximum absolute atomic E-state index is 13.2. The Morgan fingerprint density at radius 3 is 2.88 bits per heavy atom. The van der Waals surface area contributed by atoms with E-state index in [1.54, 1.807) is 19.1 Å². The minimum Gasteiger partial charge on any atom is -0.309 e. The summed E-state index contributed by atoms with van der Waals surface area (Å²) in [6.45, 7) is 2.90. The number of benzene rings is 1. The zero-order chi connectivity index (χ0) is 11.5. The molecule has 0 radical (unpaired) electrons. The third kappa shape index (κ3) is 2.89. The van der Waals surface area contributed by atoms with Crippen LogP contribution in [0.1, 0.15) is 28.8 Å². The Hall–Kier alpha value is -1.22. The van der Waals surface area contributed by atoms with Crippen LogP contribution in [-0.4, -0.2) is 18.9 Å². The van der Waals surface area contributed by atoms with Gasteiger partial charge in [0.1, 0.15) is 5.82 Å². The lowest BCUT2D eigenvalue weighted by Gasteiger charge is -2.04. The van der Waals surface area contributed by atoms with E-state index in [0.29, 0.717) is 17.7 Å². The number of nitrogens with one attached hydrogen (secondary N) is 1. The first-order valence-electron chi connectivity index (χ1n) is 5.67. The van der Waals surface area contributed by atoms with Gasteiger partial charge in [-0.2, -0.15) is 0 Å². The molecule has 1 fully saturated rings. The maximum Gasteiger partial charge on any atom is 0.176 e. The Balaban J connectivity index is 1.88. The van der Waals surface area contributed by atoms with Crippen molar-refractivity contribution in [1.82, 2.24) is 5.32 Å². The molecule has 16 heavy (non-hydrogen) atoms. The lowest BCUT2D eigenvalue weighted by Crippen LogP contribution is -2.25. The fourth-order valence-corrected chi connectivity index (χ4v) is 1.58. The van der Waals surface area contributed by atoms with Crippen LogP contribution in [0.2, 0.25) is 0 Å². The Labute approximate surface area is 94.9 Å². The topological polar surface area (TPSA) is 29.1 Å². The van der Waals surface area contributed by atoms with Crippen LogP contribution in [-0.2, 0) is 0 Å². The number of rotatable bonds is 5.